The number of nitrogens with zero attached hydrogens (tertiary/aromatic N) is 2. The number of aromatic nitrogens is 3. The number of rotatable bonds is 2. The Kier molecular flexibility index (Phi) is 3.28. The Morgan fingerprint density at radius 3 is 2.55 bits per heavy atom. The van der Waals surface area contributed by atoms with Gasteiger partial charge in [-0.1, -0.05) is 0 Å². The molecule has 1 aromatic carbocycles. The van der Waals surface area contributed by atoms with Crippen molar-refractivity contribution >= 4 is 22.6 Å². The van der Waals surface area contributed by atoms with Crippen LogP contribution in [0.1, 0.15) is 16.2 Å². The molecule has 0 aliphatic heterocycles. The van der Waals surface area contributed by atoms with Gasteiger partial charge in [0, 0.05) is 23.6 Å². The van der Waals surface area contributed by atoms with Crippen molar-refractivity contribution in [1.29, 1.82) is 0 Å². The van der Waals surface area contributed by atoms with Gasteiger partial charge in [0.1, 0.15) is 0 Å². The van der Waals surface area contributed by atoms with Crippen molar-refractivity contribution in [3.05, 3.63) is 54.1 Å². The van der Waals surface area contributed by atoms with Gasteiger partial charge in [0.2, 0.25) is 5.82 Å². The van der Waals surface area contributed by atoms with Gasteiger partial charge in [-0.2, -0.15) is 13.2 Å². The van der Waals surface area contributed by atoms with Gasteiger partial charge in [0.15, 0.2) is 0 Å². The summed E-state index contributed by atoms with van der Waals surface area (Å²) in [4.78, 5) is 21.5. The van der Waals surface area contributed by atoms with E-state index in [0.29, 0.717) is 5.69 Å². The van der Waals surface area contributed by atoms with Crippen LogP contribution in [0.3, 0.4) is 0 Å². The number of aromatic amines is 1. The molecule has 1 amide bonds. The van der Waals surface area contributed by atoms with E-state index in [9.17, 15) is 18.0 Å². The quantitative estimate of drug-likeness (QED) is 0.763. The summed E-state index contributed by atoms with van der Waals surface area (Å²) in [6, 6.07) is 7.32. The van der Waals surface area contributed by atoms with Crippen LogP contribution in [0, 0.1) is 0 Å². The maximum Gasteiger partial charge on any atom is 0.449 e. The number of halogens is 3. The molecule has 0 unspecified atom stereocenters. The van der Waals surface area contributed by atoms with Crippen LogP contribution in [-0.2, 0) is 6.18 Å². The molecule has 3 aromatic rings. The highest BCUT2D eigenvalue weighted by Gasteiger charge is 2.34. The fourth-order valence-corrected chi connectivity index (χ4v) is 1.92. The first-order chi connectivity index (χ1) is 10.4. The molecule has 0 spiro atoms. The van der Waals surface area contributed by atoms with E-state index in [-0.39, 0.29) is 16.6 Å². The van der Waals surface area contributed by atoms with Crippen LogP contribution in [-0.4, -0.2) is 20.9 Å². The summed E-state index contributed by atoms with van der Waals surface area (Å²) in [5.74, 6) is -1.52. The summed E-state index contributed by atoms with van der Waals surface area (Å²) in [7, 11) is 0. The number of benzene rings is 1. The highest BCUT2D eigenvalue weighted by Crippen LogP contribution is 2.28. The van der Waals surface area contributed by atoms with Crippen LogP contribution in [0.25, 0.3) is 11.0 Å². The molecule has 2 N–H and O–H groups in total. The molecule has 5 nitrogen and oxygen atoms in total. The topological polar surface area (TPSA) is 70.7 Å². The Balaban J connectivity index is 1.90. The largest absolute Gasteiger partial charge is 0.449 e. The van der Waals surface area contributed by atoms with E-state index >= 15 is 0 Å². The molecule has 0 atom stereocenters. The van der Waals surface area contributed by atoms with E-state index in [4.69, 9.17) is 0 Å². The predicted molar refractivity (Wildman–Crippen MR) is 73.3 cm³/mol. The number of imidazole rings is 1. The first-order valence-electron chi connectivity index (χ1n) is 6.22. The van der Waals surface area contributed by atoms with Crippen molar-refractivity contribution in [3.63, 3.8) is 0 Å². The van der Waals surface area contributed by atoms with Gasteiger partial charge in [-0.05, 0) is 30.3 Å². The number of fused-ring (bicyclic) bond motifs is 1. The SMILES string of the molecule is O=C(Nc1ccncc1)c1ccc2nc(C(F)(F)F)[nH]c2c1. The Morgan fingerprint density at radius 2 is 1.86 bits per heavy atom. The second-order valence-electron chi connectivity index (χ2n) is 4.51. The van der Waals surface area contributed by atoms with E-state index in [2.05, 4.69) is 20.3 Å². The summed E-state index contributed by atoms with van der Waals surface area (Å²) >= 11 is 0. The lowest BCUT2D eigenvalue weighted by atomic mass is 10.2. The normalized spacial score (nSPS) is 11.6. The number of nitrogens with one attached hydrogen (secondary N) is 2. The molecule has 2 aromatic heterocycles. The first kappa shape index (κ1) is 14.1. The molecule has 112 valence electrons. The molecule has 22 heavy (non-hydrogen) atoms. The summed E-state index contributed by atoms with van der Waals surface area (Å²) in [6.45, 7) is 0. The zero-order valence-corrected chi connectivity index (χ0v) is 11.0. The maximum atomic E-state index is 12.6. The van der Waals surface area contributed by atoms with Crippen molar-refractivity contribution in [1.82, 2.24) is 15.0 Å². The Labute approximate surface area is 122 Å². The van der Waals surface area contributed by atoms with E-state index in [1.165, 1.54) is 30.6 Å². The van der Waals surface area contributed by atoms with Gasteiger partial charge in [-0.25, -0.2) is 4.98 Å². The average Bonchev–Trinajstić information content (AvgIpc) is 2.91. The molecule has 3 rings (SSSR count). The number of anilines is 1. The lowest BCUT2D eigenvalue weighted by Crippen LogP contribution is -2.11. The van der Waals surface area contributed by atoms with Gasteiger partial charge >= 0.3 is 6.18 Å². The van der Waals surface area contributed by atoms with Gasteiger partial charge in [0.05, 0.1) is 11.0 Å². The third-order valence-electron chi connectivity index (χ3n) is 2.95. The average molecular weight is 306 g/mol. The number of alkyl halides is 3. The number of carbonyl (C=O) groups is 1. The minimum atomic E-state index is -4.56. The molecule has 0 radical (unpaired) electrons. The van der Waals surface area contributed by atoms with Crippen LogP contribution in [0.4, 0.5) is 18.9 Å². The van der Waals surface area contributed by atoms with Crippen LogP contribution < -0.4 is 5.32 Å². The summed E-state index contributed by atoms with van der Waals surface area (Å²) in [5.41, 5.74) is 1.06. The lowest BCUT2D eigenvalue weighted by Gasteiger charge is -2.04. The molecule has 0 aliphatic rings. The second-order valence-corrected chi connectivity index (χ2v) is 4.51. The summed E-state index contributed by atoms with van der Waals surface area (Å²) < 4.78 is 37.8. The van der Waals surface area contributed by atoms with Crippen LogP contribution in [0.5, 0.6) is 0 Å². The predicted octanol–water partition coefficient (Wildman–Crippen LogP) is 3.23. The standard InChI is InChI=1S/C14H9F3N4O/c15-14(16,17)13-20-10-2-1-8(7-11(10)21-13)12(22)19-9-3-5-18-6-4-9/h1-7H,(H,20,21)(H,18,19,22). The Hall–Kier alpha value is -2.90. The molecule has 0 fully saturated rings. The zero-order valence-electron chi connectivity index (χ0n) is 11.0. The van der Waals surface area contributed by atoms with Crippen LogP contribution in [0.2, 0.25) is 0 Å². The monoisotopic (exact) mass is 306 g/mol. The third-order valence-corrected chi connectivity index (χ3v) is 2.95. The van der Waals surface area contributed by atoms with Crippen molar-refractivity contribution in [2.75, 3.05) is 5.32 Å². The highest BCUT2D eigenvalue weighted by atomic mass is 19.4. The maximum absolute atomic E-state index is 12.6. The first-order valence-corrected chi connectivity index (χ1v) is 6.22. The highest BCUT2D eigenvalue weighted by molar-refractivity contribution is 6.05. The molecule has 0 saturated heterocycles. The van der Waals surface area contributed by atoms with Gasteiger partial charge < -0.3 is 10.3 Å². The fraction of sp³-hybridized carbons (Fsp3) is 0.0714. The number of pyridine rings is 1. The number of H-pyrrole nitrogens is 1. The Morgan fingerprint density at radius 1 is 1.14 bits per heavy atom. The second kappa shape index (κ2) is 5.14. The molecular weight excluding hydrogens is 297 g/mol. The minimum absolute atomic E-state index is 0.146. The van der Waals surface area contributed by atoms with Crippen LogP contribution >= 0.6 is 0 Å². The van der Waals surface area contributed by atoms with Crippen molar-refractivity contribution < 1.29 is 18.0 Å². The number of hydrogen-bond acceptors (Lipinski definition) is 3. The number of amides is 1. The number of hydrogen-bond donors (Lipinski definition) is 2. The zero-order chi connectivity index (χ0) is 15.7. The van der Waals surface area contributed by atoms with Crippen LogP contribution in [0.15, 0.2) is 42.7 Å². The molecule has 8 heteroatoms. The van der Waals surface area contributed by atoms with E-state index < -0.39 is 17.9 Å². The van der Waals surface area contributed by atoms with Gasteiger partial charge in [-0.15, -0.1) is 0 Å². The van der Waals surface area contributed by atoms with E-state index in [1.807, 2.05) is 0 Å². The lowest BCUT2D eigenvalue weighted by molar-refractivity contribution is -0.144. The van der Waals surface area contributed by atoms with E-state index in [1.54, 1.807) is 12.1 Å². The van der Waals surface area contributed by atoms with Crippen molar-refractivity contribution in [2.24, 2.45) is 0 Å². The smallest absolute Gasteiger partial charge is 0.334 e. The summed E-state index contributed by atoms with van der Waals surface area (Å²) in [5, 5.41) is 2.62. The minimum Gasteiger partial charge on any atom is -0.334 e. The molecule has 0 bridgehead atoms. The molecular formula is C14H9F3N4O. The summed E-state index contributed by atoms with van der Waals surface area (Å²) in [6.07, 6.45) is -1.52. The van der Waals surface area contributed by atoms with Gasteiger partial charge in [0.25, 0.3) is 5.91 Å². The van der Waals surface area contributed by atoms with Crippen molar-refractivity contribution in [3.8, 4) is 0 Å². The van der Waals surface area contributed by atoms with Gasteiger partial charge in [-0.3, -0.25) is 9.78 Å². The third kappa shape index (κ3) is 2.76. The molecule has 2 heterocycles. The van der Waals surface area contributed by atoms with Crippen molar-refractivity contribution in [2.45, 2.75) is 6.18 Å². The Bertz CT molecular complexity index is 827. The molecule has 0 saturated carbocycles. The van der Waals surface area contributed by atoms with E-state index in [0.717, 1.165) is 0 Å². The number of carbonyl (C=O) groups excluding carboxylic acids is 1. The fourth-order valence-electron chi connectivity index (χ4n) is 1.92. The molecule has 0 aliphatic carbocycles.